The summed E-state index contributed by atoms with van der Waals surface area (Å²) < 4.78 is 29.9. The standard InChI is InChI=1S/C20H36O2.C19H30O2.C17H32O2.C15H28O2.C13H24O2.10CH4/c1-5-19(2,3)18(21)22-20(4,16-12-8-6-9-13-16)17-14-10-7-11-15-17;1-5-18(2,3)17(20)21-19(4)10-13-9-14(19)16-12-7-6-11(8-12)15(13)16;1-5-16(2,3)15(18)19-17(4)13-11-9-7-6-8-10-12-14-17;1-6-14(2,3)13(16)17-15(4,5)12-10-8-7-9-11-12;1-5-12(2,3)11(14)15-13(4)9-7-6-8-10-13;;;;;;;;;;/h16-17H,5-15H2,1-4H3;11-16H,5-10H2,1-4H3;5-14H2,1-4H3;12H,6-11H2,1-5H3;5-10H2,1-4H3;10*1H4. The zero-order valence-electron chi connectivity index (χ0n) is 65.4. The van der Waals surface area contributed by atoms with Crippen LogP contribution >= 0.6 is 0 Å². The van der Waals surface area contributed by atoms with Crippen LogP contribution in [0.5, 0.6) is 0 Å². The number of rotatable bonds is 18. The Kier molecular flexibility index (Phi) is 52.0. The monoisotopic (exact) mass is 1480 g/mol. The average Bonchev–Trinajstić information content (AvgIpc) is 1.54. The summed E-state index contributed by atoms with van der Waals surface area (Å²) in [5.74, 6) is 6.96. The van der Waals surface area contributed by atoms with Crippen molar-refractivity contribution in [3.63, 3.8) is 0 Å². The smallest absolute Gasteiger partial charge is 0.312 e. The largest absolute Gasteiger partial charge is 0.459 e. The van der Waals surface area contributed by atoms with Crippen LogP contribution in [0.3, 0.4) is 0 Å². The number of esters is 5. The van der Waals surface area contributed by atoms with E-state index in [0.717, 1.165) is 93.8 Å². The highest BCUT2D eigenvalue weighted by molar-refractivity contribution is 5.78. The first-order valence-corrected chi connectivity index (χ1v) is 40.0. The average molecular weight is 1480 g/mol. The van der Waals surface area contributed by atoms with Gasteiger partial charge >= 0.3 is 29.8 Å². The van der Waals surface area contributed by atoms with Crippen LogP contribution in [0.15, 0.2) is 0 Å². The molecular formula is C94H190O10. The van der Waals surface area contributed by atoms with Crippen molar-refractivity contribution in [1.29, 1.82) is 0 Å². The molecule has 10 nitrogen and oxygen atoms in total. The Bertz CT molecular complexity index is 2310. The third kappa shape index (κ3) is 30.6. The van der Waals surface area contributed by atoms with E-state index in [-0.39, 0.29) is 159 Å². The van der Waals surface area contributed by atoms with Gasteiger partial charge in [0.05, 0.1) is 27.1 Å². The number of hydrogen-bond acceptors (Lipinski definition) is 10. The first-order valence-electron chi connectivity index (χ1n) is 40.0. The van der Waals surface area contributed by atoms with Gasteiger partial charge in [-0.1, -0.05) is 205 Å². The number of carbonyl (C=O) groups excluding carboxylic acids is 5. The van der Waals surface area contributed by atoms with E-state index >= 15 is 0 Å². The maximum Gasteiger partial charge on any atom is 0.312 e. The van der Waals surface area contributed by atoms with Crippen molar-refractivity contribution in [3.8, 4) is 0 Å². The molecule has 0 spiro atoms. The Morgan fingerprint density at radius 1 is 0.308 bits per heavy atom. The highest BCUT2D eigenvalue weighted by atomic mass is 16.6. The molecule has 0 aromatic carbocycles. The number of ether oxygens (including phenoxy) is 5. The first-order chi connectivity index (χ1) is 43.8. The highest BCUT2D eigenvalue weighted by Gasteiger charge is 2.67. The molecule has 0 amide bonds. The van der Waals surface area contributed by atoms with Crippen molar-refractivity contribution in [2.24, 2.45) is 80.3 Å². The Labute approximate surface area is 652 Å². The molecule has 0 aliphatic heterocycles. The summed E-state index contributed by atoms with van der Waals surface area (Å²) in [6, 6.07) is 0. The van der Waals surface area contributed by atoms with Gasteiger partial charge in [-0.05, 0) is 312 Å². The van der Waals surface area contributed by atoms with Gasteiger partial charge in [0.2, 0.25) is 0 Å². The third-order valence-electron chi connectivity index (χ3n) is 27.2. The molecule has 9 rings (SSSR count). The van der Waals surface area contributed by atoms with Gasteiger partial charge in [0.25, 0.3) is 0 Å². The molecular weight excluding hydrogens is 1290 g/mol. The molecule has 7 atom stereocenters. The Balaban J connectivity index is -0.000000283. The summed E-state index contributed by atoms with van der Waals surface area (Å²) in [4.78, 5) is 61.7. The van der Waals surface area contributed by atoms with E-state index in [1.54, 1.807) is 0 Å². The molecule has 0 radical (unpaired) electrons. The van der Waals surface area contributed by atoms with Crippen molar-refractivity contribution in [2.75, 3.05) is 0 Å². The van der Waals surface area contributed by atoms with Crippen LogP contribution in [0.2, 0.25) is 0 Å². The SMILES string of the molecule is C.C.C.C.C.C.C.C.C.C.CCC(C)(C)C(=O)OC(C)(C)C1CCCCC1.CCC(C)(C)C(=O)OC(C)(C1CCCCC1)C1CCCCC1.CCC(C)(C)C(=O)OC1(C)CC2CC1C1C3CCC(C3)C21.CCC(C)(C)C(=O)OC1(C)CCCCC1.CCC(C)(C)C(=O)OC1(C)CCCCCCCCC1. The maximum absolute atomic E-state index is 12.8. The van der Waals surface area contributed by atoms with Crippen LogP contribution in [0.4, 0.5) is 0 Å². The lowest BCUT2D eigenvalue weighted by atomic mass is 9.66. The zero-order chi connectivity index (χ0) is 70.2. The number of hydrogen-bond donors (Lipinski definition) is 0. The summed E-state index contributed by atoms with van der Waals surface area (Å²) >= 11 is 0. The lowest BCUT2D eigenvalue weighted by molar-refractivity contribution is -0.187. The van der Waals surface area contributed by atoms with E-state index in [1.165, 1.54) is 186 Å². The van der Waals surface area contributed by atoms with E-state index < -0.39 is 0 Å². The molecule has 9 aliphatic carbocycles. The predicted octanol–water partition coefficient (Wildman–Crippen LogP) is 29.9. The second-order valence-electron chi connectivity index (χ2n) is 37.0. The topological polar surface area (TPSA) is 132 Å². The van der Waals surface area contributed by atoms with E-state index in [2.05, 4.69) is 62.3 Å². The minimum Gasteiger partial charge on any atom is -0.459 e. The fourth-order valence-electron chi connectivity index (χ4n) is 17.7. The van der Waals surface area contributed by atoms with Crippen LogP contribution in [0.25, 0.3) is 0 Å². The summed E-state index contributed by atoms with van der Waals surface area (Å²) in [5.41, 5.74) is -2.86. The quantitative estimate of drug-likeness (QED) is 0.0742. The highest BCUT2D eigenvalue weighted by Crippen LogP contribution is 2.70. The van der Waals surface area contributed by atoms with Gasteiger partial charge in [-0.3, -0.25) is 24.0 Å². The van der Waals surface area contributed by atoms with Crippen LogP contribution in [-0.4, -0.2) is 57.9 Å². The van der Waals surface area contributed by atoms with Crippen molar-refractivity contribution in [3.05, 3.63) is 0 Å². The second-order valence-corrected chi connectivity index (χ2v) is 37.0. The number of carbonyl (C=O) groups is 5. The van der Waals surface area contributed by atoms with Crippen LogP contribution < -0.4 is 0 Å². The lowest BCUT2D eigenvalue weighted by Gasteiger charge is -2.47. The Morgan fingerprint density at radius 2 is 0.577 bits per heavy atom. The van der Waals surface area contributed by atoms with Crippen molar-refractivity contribution in [1.82, 2.24) is 0 Å². The normalized spacial score (nSPS) is 25.1. The summed E-state index contributed by atoms with van der Waals surface area (Å²) in [6.45, 7) is 43.1. The minimum absolute atomic E-state index is 0. The second kappa shape index (κ2) is 48.2. The minimum atomic E-state index is -0.357. The molecule has 0 heterocycles. The molecule has 104 heavy (non-hydrogen) atoms. The summed E-state index contributed by atoms with van der Waals surface area (Å²) in [7, 11) is 0. The van der Waals surface area contributed by atoms with E-state index in [0.29, 0.717) is 23.7 Å². The van der Waals surface area contributed by atoms with Crippen molar-refractivity contribution >= 4 is 29.8 Å². The third-order valence-corrected chi connectivity index (χ3v) is 27.2. The summed E-state index contributed by atoms with van der Waals surface area (Å²) in [6.07, 6.45) is 47.0. The molecule has 7 unspecified atom stereocenters. The Morgan fingerprint density at radius 3 is 0.913 bits per heavy atom. The van der Waals surface area contributed by atoms with Gasteiger partial charge < -0.3 is 23.7 Å². The molecule has 0 aromatic rings. The van der Waals surface area contributed by atoms with E-state index in [4.69, 9.17) is 23.7 Å². The van der Waals surface area contributed by atoms with E-state index in [9.17, 15) is 24.0 Å². The molecule has 626 valence electrons. The van der Waals surface area contributed by atoms with Gasteiger partial charge in [-0.2, -0.15) is 0 Å². The molecule has 4 bridgehead atoms. The Hall–Kier alpha value is -2.65. The maximum atomic E-state index is 12.8. The molecule has 0 N–H and O–H groups in total. The van der Waals surface area contributed by atoms with E-state index in [1.807, 2.05) is 83.1 Å². The van der Waals surface area contributed by atoms with Crippen LogP contribution in [-0.2, 0) is 47.7 Å². The fraction of sp³-hybridized carbons (Fsp3) is 0.947. The number of fused-ring (bicyclic) bond motifs is 9. The van der Waals surface area contributed by atoms with Crippen molar-refractivity contribution < 1.29 is 47.7 Å². The van der Waals surface area contributed by atoms with Crippen LogP contribution in [0.1, 0.15) is 470 Å². The molecule has 0 saturated heterocycles. The van der Waals surface area contributed by atoms with Gasteiger partial charge in [0.15, 0.2) is 0 Å². The van der Waals surface area contributed by atoms with Crippen molar-refractivity contribution in [2.45, 2.75) is 498 Å². The molecule has 0 aromatic heterocycles. The van der Waals surface area contributed by atoms with Gasteiger partial charge in [-0.15, -0.1) is 0 Å². The molecule has 9 saturated carbocycles. The first kappa shape index (κ1) is 112. The zero-order valence-corrected chi connectivity index (χ0v) is 65.4. The van der Waals surface area contributed by atoms with Gasteiger partial charge in [0, 0.05) is 5.92 Å². The van der Waals surface area contributed by atoms with Crippen LogP contribution in [0, 0.1) is 80.3 Å². The molecule has 9 aliphatic rings. The van der Waals surface area contributed by atoms with Gasteiger partial charge in [0.1, 0.15) is 28.0 Å². The fourth-order valence-corrected chi connectivity index (χ4v) is 17.7. The summed E-state index contributed by atoms with van der Waals surface area (Å²) in [5, 5.41) is 0. The lowest BCUT2D eigenvalue weighted by Crippen LogP contribution is -2.49. The predicted molar refractivity (Wildman–Crippen MR) is 454 cm³/mol. The van der Waals surface area contributed by atoms with Gasteiger partial charge in [-0.25, -0.2) is 0 Å². The molecule has 10 heteroatoms. The molecule has 9 fully saturated rings.